The summed E-state index contributed by atoms with van der Waals surface area (Å²) in [6.07, 6.45) is 2.63. The first-order valence-corrected chi connectivity index (χ1v) is 7.64. The van der Waals surface area contributed by atoms with Crippen LogP contribution in [-0.4, -0.2) is 44.7 Å². The Balaban J connectivity index is 1.99. The van der Waals surface area contributed by atoms with Gasteiger partial charge in [0, 0.05) is 37.9 Å². The van der Waals surface area contributed by atoms with Crippen LogP contribution in [0.25, 0.3) is 0 Å². The Morgan fingerprint density at radius 3 is 2.75 bits per heavy atom. The highest BCUT2D eigenvalue weighted by Crippen LogP contribution is 2.22. The van der Waals surface area contributed by atoms with E-state index in [1.165, 1.54) is 25.9 Å². The lowest BCUT2D eigenvalue weighted by Crippen LogP contribution is -2.32. The van der Waals surface area contributed by atoms with Gasteiger partial charge in [0.05, 0.1) is 0 Å². The molecule has 1 aliphatic rings. The fourth-order valence-corrected chi connectivity index (χ4v) is 2.75. The highest BCUT2D eigenvalue weighted by atomic mass is 19.1. The molecule has 0 saturated carbocycles. The number of likely N-dealkylation sites (tertiary alicyclic amines) is 1. The van der Waals surface area contributed by atoms with Gasteiger partial charge in [0.2, 0.25) is 0 Å². The average molecular weight is 279 g/mol. The molecule has 0 unspecified atom stereocenters. The van der Waals surface area contributed by atoms with Crippen LogP contribution in [0, 0.1) is 5.82 Å². The fraction of sp³-hybridized carbons (Fsp3) is 0.625. The van der Waals surface area contributed by atoms with Crippen LogP contribution < -0.4 is 10.2 Å². The molecule has 1 N–H and O–H groups in total. The summed E-state index contributed by atoms with van der Waals surface area (Å²) in [5.41, 5.74) is 1.78. The highest BCUT2D eigenvalue weighted by molar-refractivity contribution is 5.53. The standard InChI is InChI=1S/C16H26FN3/c1-3-18-13-14-15(17)7-6-8-16(14)19(2)11-12-20-9-4-5-10-20/h6-8,18H,3-5,9-13H2,1-2H3. The number of halogens is 1. The molecular weight excluding hydrogens is 253 g/mol. The Morgan fingerprint density at radius 1 is 1.30 bits per heavy atom. The van der Waals surface area contributed by atoms with Crippen LogP contribution in [0.1, 0.15) is 25.3 Å². The summed E-state index contributed by atoms with van der Waals surface area (Å²) in [5.74, 6) is -0.114. The van der Waals surface area contributed by atoms with E-state index in [2.05, 4.69) is 22.2 Å². The van der Waals surface area contributed by atoms with Gasteiger partial charge in [0.1, 0.15) is 5.82 Å². The van der Waals surface area contributed by atoms with Crippen molar-refractivity contribution in [2.75, 3.05) is 44.7 Å². The van der Waals surface area contributed by atoms with Crippen LogP contribution >= 0.6 is 0 Å². The minimum Gasteiger partial charge on any atom is -0.373 e. The zero-order valence-electron chi connectivity index (χ0n) is 12.7. The van der Waals surface area contributed by atoms with Gasteiger partial charge in [-0.05, 0) is 44.6 Å². The van der Waals surface area contributed by atoms with Gasteiger partial charge < -0.3 is 15.1 Å². The van der Waals surface area contributed by atoms with E-state index >= 15 is 0 Å². The van der Waals surface area contributed by atoms with Crippen molar-refractivity contribution in [3.05, 3.63) is 29.6 Å². The van der Waals surface area contributed by atoms with Crippen molar-refractivity contribution in [3.63, 3.8) is 0 Å². The van der Waals surface area contributed by atoms with Gasteiger partial charge >= 0.3 is 0 Å². The van der Waals surface area contributed by atoms with Crippen LogP contribution in [0.5, 0.6) is 0 Å². The van der Waals surface area contributed by atoms with Gasteiger partial charge in [-0.3, -0.25) is 0 Å². The minimum atomic E-state index is -0.114. The maximum absolute atomic E-state index is 14.0. The number of nitrogens with zero attached hydrogens (tertiary/aromatic N) is 2. The average Bonchev–Trinajstić information content (AvgIpc) is 2.96. The molecule has 1 fully saturated rings. The predicted molar refractivity (Wildman–Crippen MR) is 82.7 cm³/mol. The van der Waals surface area contributed by atoms with Crippen LogP contribution in [0.2, 0.25) is 0 Å². The van der Waals surface area contributed by atoms with Gasteiger partial charge in [0.15, 0.2) is 0 Å². The zero-order chi connectivity index (χ0) is 14.4. The molecule has 0 bridgehead atoms. The Hall–Kier alpha value is -1.13. The van der Waals surface area contributed by atoms with E-state index in [0.717, 1.165) is 30.9 Å². The maximum atomic E-state index is 14.0. The molecule has 20 heavy (non-hydrogen) atoms. The molecule has 1 aromatic rings. The SMILES string of the molecule is CCNCc1c(F)cccc1N(C)CCN1CCCC1. The molecule has 112 valence electrons. The van der Waals surface area contributed by atoms with E-state index in [-0.39, 0.29) is 5.82 Å². The topological polar surface area (TPSA) is 18.5 Å². The summed E-state index contributed by atoms with van der Waals surface area (Å²) < 4.78 is 14.0. The zero-order valence-corrected chi connectivity index (χ0v) is 12.7. The molecule has 0 aromatic heterocycles. The molecule has 1 heterocycles. The Labute approximate surface area is 121 Å². The van der Waals surface area contributed by atoms with Gasteiger partial charge in [-0.2, -0.15) is 0 Å². The van der Waals surface area contributed by atoms with Crippen LogP contribution in [0.15, 0.2) is 18.2 Å². The van der Waals surface area contributed by atoms with E-state index in [1.54, 1.807) is 12.1 Å². The predicted octanol–water partition coefficient (Wildman–Crippen LogP) is 2.47. The summed E-state index contributed by atoms with van der Waals surface area (Å²) in [5, 5.41) is 3.22. The monoisotopic (exact) mass is 279 g/mol. The third-order valence-electron chi connectivity index (χ3n) is 4.01. The first-order valence-electron chi connectivity index (χ1n) is 7.64. The molecule has 1 aliphatic heterocycles. The Kier molecular flexibility index (Phi) is 5.80. The quantitative estimate of drug-likeness (QED) is 0.827. The molecule has 1 saturated heterocycles. The molecule has 3 nitrogen and oxygen atoms in total. The number of likely N-dealkylation sites (N-methyl/N-ethyl adjacent to an activating group) is 1. The molecule has 0 spiro atoms. The first kappa shape index (κ1) is 15.3. The summed E-state index contributed by atoms with van der Waals surface area (Å²) in [6.45, 7) is 7.91. The van der Waals surface area contributed by atoms with Gasteiger partial charge in [-0.15, -0.1) is 0 Å². The maximum Gasteiger partial charge on any atom is 0.129 e. The Morgan fingerprint density at radius 2 is 2.05 bits per heavy atom. The van der Waals surface area contributed by atoms with E-state index < -0.39 is 0 Å². The summed E-state index contributed by atoms with van der Waals surface area (Å²) in [7, 11) is 2.06. The molecule has 4 heteroatoms. The number of hydrogen-bond acceptors (Lipinski definition) is 3. The third-order valence-corrected chi connectivity index (χ3v) is 4.01. The van der Waals surface area contributed by atoms with Gasteiger partial charge in [-0.25, -0.2) is 4.39 Å². The molecule has 0 atom stereocenters. The van der Waals surface area contributed by atoms with Crippen molar-refractivity contribution >= 4 is 5.69 Å². The third kappa shape index (κ3) is 3.93. The van der Waals surface area contributed by atoms with E-state index in [1.807, 2.05) is 13.0 Å². The smallest absolute Gasteiger partial charge is 0.129 e. The molecular formula is C16H26FN3. The van der Waals surface area contributed by atoms with Crippen molar-refractivity contribution in [2.24, 2.45) is 0 Å². The number of anilines is 1. The van der Waals surface area contributed by atoms with Gasteiger partial charge in [0.25, 0.3) is 0 Å². The lowest BCUT2D eigenvalue weighted by Gasteiger charge is -2.25. The largest absolute Gasteiger partial charge is 0.373 e. The minimum absolute atomic E-state index is 0.114. The normalized spacial score (nSPS) is 15.8. The number of benzene rings is 1. The molecule has 2 rings (SSSR count). The second-order valence-electron chi connectivity index (χ2n) is 5.49. The summed E-state index contributed by atoms with van der Waals surface area (Å²) in [6, 6.07) is 5.36. The summed E-state index contributed by atoms with van der Waals surface area (Å²) in [4.78, 5) is 4.66. The van der Waals surface area contributed by atoms with Crippen LogP contribution in [0.3, 0.4) is 0 Å². The first-order chi connectivity index (χ1) is 9.72. The molecule has 0 aliphatic carbocycles. The van der Waals surface area contributed by atoms with Crippen molar-refractivity contribution in [1.29, 1.82) is 0 Å². The van der Waals surface area contributed by atoms with Crippen molar-refractivity contribution in [1.82, 2.24) is 10.2 Å². The number of nitrogens with one attached hydrogen (secondary N) is 1. The molecule has 0 amide bonds. The second kappa shape index (κ2) is 7.60. The molecule has 0 radical (unpaired) electrons. The highest BCUT2D eigenvalue weighted by Gasteiger charge is 2.14. The lowest BCUT2D eigenvalue weighted by atomic mass is 10.1. The van der Waals surface area contributed by atoms with Crippen LogP contribution in [-0.2, 0) is 6.54 Å². The van der Waals surface area contributed by atoms with E-state index in [0.29, 0.717) is 6.54 Å². The summed E-state index contributed by atoms with van der Waals surface area (Å²) >= 11 is 0. The number of rotatable bonds is 7. The second-order valence-corrected chi connectivity index (χ2v) is 5.49. The van der Waals surface area contributed by atoms with Gasteiger partial charge in [-0.1, -0.05) is 13.0 Å². The van der Waals surface area contributed by atoms with Crippen molar-refractivity contribution in [2.45, 2.75) is 26.3 Å². The van der Waals surface area contributed by atoms with E-state index in [4.69, 9.17) is 0 Å². The van der Waals surface area contributed by atoms with Crippen LogP contribution in [0.4, 0.5) is 10.1 Å². The number of hydrogen-bond donors (Lipinski definition) is 1. The van der Waals surface area contributed by atoms with E-state index in [9.17, 15) is 4.39 Å². The molecule has 1 aromatic carbocycles. The van der Waals surface area contributed by atoms with Crippen molar-refractivity contribution < 1.29 is 4.39 Å². The Bertz CT molecular complexity index is 416. The fourth-order valence-electron chi connectivity index (χ4n) is 2.75. The lowest BCUT2D eigenvalue weighted by molar-refractivity contribution is 0.346. The van der Waals surface area contributed by atoms with Crippen molar-refractivity contribution in [3.8, 4) is 0 Å².